The fourth-order valence-corrected chi connectivity index (χ4v) is 3.95. The first-order valence-electron chi connectivity index (χ1n) is 9.50. The Morgan fingerprint density at radius 1 is 1.26 bits per heavy atom. The van der Waals surface area contributed by atoms with Gasteiger partial charge in [-0.25, -0.2) is 0 Å². The van der Waals surface area contributed by atoms with E-state index in [0.29, 0.717) is 12.2 Å². The summed E-state index contributed by atoms with van der Waals surface area (Å²) in [6, 6.07) is 9.18. The molecular formula is C21H24N2O4. The molecule has 142 valence electrons. The monoisotopic (exact) mass is 368 g/mol. The van der Waals surface area contributed by atoms with Crippen molar-refractivity contribution in [3.8, 4) is 11.5 Å². The van der Waals surface area contributed by atoms with Crippen molar-refractivity contribution in [2.24, 2.45) is 0 Å². The number of hydrogen-bond acceptors (Lipinski definition) is 5. The van der Waals surface area contributed by atoms with Crippen molar-refractivity contribution in [3.05, 3.63) is 53.3 Å². The summed E-state index contributed by atoms with van der Waals surface area (Å²) in [5, 5.41) is 9.78. The lowest BCUT2D eigenvalue weighted by Gasteiger charge is -2.39. The molecule has 2 aromatic rings. The van der Waals surface area contributed by atoms with Crippen LogP contribution in [0.4, 0.5) is 0 Å². The van der Waals surface area contributed by atoms with E-state index in [0.717, 1.165) is 48.4 Å². The minimum absolute atomic E-state index is 0.217. The number of aliphatic carboxylic acids is 1. The van der Waals surface area contributed by atoms with Crippen molar-refractivity contribution >= 4 is 5.97 Å². The largest absolute Gasteiger partial charge is 0.480 e. The lowest BCUT2D eigenvalue weighted by molar-refractivity contribution is -0.145. The molecule has 27 heavy (non-hydrogen) atoms. The van der Waals surface area contributed by atoms with Crippen molar-refractivity contribution in [2.75, 3.05) is 13.3 Å². The van der Waals surface area contributed by atoms with Crippen molar-refractivity contribution in [1.82, 2.24) is 9.88 Å². The normalized spacial score (nSPS) is 20.4. The maximum Gasteiger partial charge on any atom is 0.320 e. The second-order valence-electron chi connectivity index (χ2n) is 7.05. The number of carboxylic acids is 1. The van der Waals surface area contributed by atoms with Crippen LogP contribution in [0.1, 0.15) is 49.0 Å². The van der Waals surface area contributed by atoms with Gasteiger partial charge in [0, 0.05) is 6.20 Å². The Bertz CT molecular complexity index is 821. The minimum atomic E-state index is -0.773. The molecule has 0 spiro atoms. The van der Waals surface area contributed by atoms with Crippen LogP contribution in [-0.2, 0) is 11.2 Å². The lowest BCUT2D eigenvalue weighted by atomic mass is 9.93. The smallest absolute Gasteiger partial charge is 0.320 e. The molecule has 1 N–H and O–H groups in total. The molecule has 1 fully saturated rings. The number of piperidine rings is 1. The van der Waals surface area contributed by atoms with Gasteiger partial charge in [-0.3, -0.25) is 14.7 Å². The second kappa shape index (κ2) is 7.56. The van der Waals surface area contributed by atoms with Crippen LogP contribution in [0.15, 0.2) is 36.5 Å². The summed E-state index contributed by atoms with van der Waals surface area (Å²) in [7, 11) is 0. The van der Waals surface area contributed by atoms with Gasteiger partial charge in [-0.15, -0.1) is 0 Å². The van der Waals surface area contributed by atoms with Gasteiger partial charge in [0.25, 0.3) is 0 Å². The average Bonchev–Trinajstić information content (AvgIpc) is 3.17. The molecule has 6 heteroatoms. The first-order valence-corrected chi connectivity index (χ1v) is 9.50. The zero-order valence-electron chi connectivity index (χ0n) is 15.4. The number of ether oxygens (including phenoxy) is 2. The topological polar surface area (TPSA) is 71.9 Å². The third-order valence-electron chi connectivity index (χ3n) is 5.41. The molecule has 2 aliphatic heterocycles. The number of fused-ring (bicyclic) bond motifs is 1. The first kappa shape index (κ1) is 17.8. The van der Waals surface area contributed by atoms with Crippen LogP contribution in [0, 0.1) is 0 Å². The van der Waals surface area contributed by atoms with E-state index in [4.69, 9.17) is 9.47 Å². The molecule has 0 bridgehead atoms. The summed E-state index contributed by atoms with van der Waals surface area (Å²) in [5.74, 6) is 0.650. The molecule has 0 amide bonds. The predicted octanol–water partition coefficient (Wildman–Crippen LogP) is 3.40. The Morgan fingerprint density at radius 2 is 2.11 bits per heavy atom. The van der Waals surface area contributed by atoms with Gasteiger partial charge >= 0.3 is 5.97 Å². The quantitative estimate of drug-likeness (QED) is 0.872. The second-order valence-corrected chi connectivity index (χ2v) is 7.05. The third kappa shape index (κ3) is 3.49. The third-order valence-corrected chi connectivity index (χ3v) is 5.41. The fraction of sp³-hybridized carbons (Fsp3) is 0.429. The van der Waals surface area contributed by atoms with E-state index in [2.05, 4.69) is 22.9 Å². The Morgan fingerprint density at radius 3 is 2.85 bits per heavy atom. The number of benzene rings is 1. The van der Waals surface area contributed by atoms with Crippen molar-refractivity contribution in [3.63, 3.8) is 0 Å². The van der Waals surface area contributed by atoms with Crippen LogP contribution in [0.25, 0.3) is 0 Å². The summed E-state index contributed by atoms with van der Waals surface area (Å²) in [5.41, 5.74) is 3.00. The van der Waals surface area contributed by atoms with Gasteiger partial charge in [-0.05, 0) is 55.1 Å². The van der Waals surface area contributed by atoms with Gasteiger partial charge in [0.15, 0.2) is 11.5 Å². The van der Waals surface area contributed by atoms with Gasteiger partial charge in [-0.2, -0.15) is 0 Å². The van der Waals surface area contributed by atoms with Crippen molar-refractivity contribution in [1.29, 1.82) is 0 Å². The number of rotatable bonds is 5. The van der Waals surface area contributed by atoms with E-state index in [1.165, 1.54) is 0 Å². The molecule has 1 aromatic heterocycles. The summed E-state index contributed by atoms with van der Waals surface area (Å²) in [6.45, 7) is 3.04. The standard InChI is InChI=1S/C21H24N2O4/c1-2-14-6-8-16(22-12-14)20(23-10-4-3-5-17(23)21(24)25)15-7-9-18-19(11-15)27-13-26-18/h6-9,11-12,17,20H,2-5,10,13H2,1H3,(H,24,25). The van der Waals surface area contributed by atoms with Gasteiger partial charge in [0.2, 0.25) is 6.79 Å². The Labute approximate surface area is 158 Å². The number of aromatic nitrogens is 1. The number of carboxylic acid groups (broad SMARTS) is 1. The highest BCUT2D eigenvalue weighted by Gasteiger charge is 2.36. The summed E-state index contributed by atoms with van der Waals surface area (Å²) < 4.78 is 11.0. The fourth-order valence-electron chi connectivity index (χ4n) is 3.95. The molecule has 1 aromatic carbocycles. The van der Waals surface area contributed by atoms with Crippen LogP contribution in [0.2, 0.25) is 0 Å². The van der Waals surface area contributed by atoms with Crippen LogP contribution in [-0.4, -0.2) is 40.3 Å². The highest BCUT2D eigenvalue weighted by Crippen LogP contribution is 2.39. The van der Waals surface area contributed by atoms with Gasteiger partial charge in [0.05, 0.1) is 11.7 Å². The number of carbonyl (C=O) groups is 1. The Balaban J connectivity index is 1.77. The number of hydrogen-bond donors (Lipinski definition) is 1. The maximum absolute atomic E-state index is 11.9. The molecule has 2 unspecified atom stereocenters. The highest BCUT2D eigenvalue weighted by molar-refractivity contribution is 5.73. The van der Waals surface area contributed by atoms with E-state index in [1.807, 2.05) is 30.5 Å². The van der Waals surface area contributed by atoms with E-state index in [9.17, 15) is 9.90 Å². The lowest BCUT2D eigenvalue weighted by Crippen LogP contribution is -2.47. The van der Waals surface area contributed by atoms with Crippen molar-refractivity contribution < 1.29 is 19.4 Å². The number of pyridine rings is 1. The van der Waals surface area contributed by atoms with Crippen molar-refractivity contribution in [2.45, 2.75) is 44.7 Å². The van der Waals surface area contributed by atoms with Gasteiger partial charge in [-0.1, -0.05) is 25.5 Å². The summed E-state index contributed by atoms with van der Waals surface area (Å²) >= 11 is 0. The van der Waals surface area contributed by atoms with Gasteiger partial charge in [0.1, 0.15) is 6.04 Å². The first-order chi connectivity index (χ1) is 13.2. The molecule has 4 rings (SSSR count). The molecule has 2 aliphatic rings. The van der Waals surface area contributed by atoms with E-state index in [1.54, 1.807) is 0 Å². The number of aryl methyl sites for hydroxylation is 1. The number of likely N-dealkylation sites (tertiary alicyclic amines) is 1. The highest BCUT2D eigenvalue weighted by atomic mass is 16.7. The zero-order chi connectivity index (χ0) is 18.8. The molecule has 0 aliphatic carbocycles. The van der Waals surface area contributed by atoms with E-state index >= 15 is 0 Å². The van der Waals surface area contributed by atoms with Gasteiger partial charge < -0.3 is 14.6 Å². The molecule has 3 heterocycles. The van der Waals surface area contributed by atoms with E-state index in [-0.39, 0.29) is 12.8 Å². The van der Waals surface area contributed by atoms with Crippen LogP contribution < -0.4 is 9.47 Å². The van der Waals surface area contributed by atoms with E-state index < -0.39 is 12.0 Å². The molecule has 0 radical (unpaired) electrons. The maximum atomic E-state index is 11.9. The number of nitrogens with zero attached hydrogens (tertiary/aromatic N) is 2. The summed E-state index contributed by atoms with van der Waals surface area (Å²) in [4.78, 5) is 18.7. The molecule has 6 nitrogen and oxygen atoms in total. The molecular weight excluding hydrogens is 344 g/mol. The Hall–Kier alpha value is -2.60. The van der Waals surface area contributed by atoms with Crippen LogP contribution >= 0.6 is 0 Å². The van der Waals surface area contributed by atoms with Crippen LogP contribution in [0.5, 0.6) is 11.5 Å². The minimum Gasteiger partial charge on any atom is -0.480 e. The average molecular weight is 368 g/mol. The predicted molar refractivity (Wildman–Crippen MR) is 100 cm³/mol. The molecule has 2 atom stereocenters. The Kier molecular flexibility index (Phi) is 4.99. The molecule has 1 saturated heterocycles. The molecule has 0 saturated carbocycles. The summed E-state index contributed by atoms with van der Waals surface area (Å²) in [6.07, 6.45) is 5.38. The van der Waals surface area contributed by atoms with Crippen LogP contribution in [0.3, 0.4) is 0 Å². The zero-order valence-corrected chi connectivity index (χ0v) is 15.4. The SMILES string of the molecule is CCc1ccc(C(c2ccc3c(c2)OCO3)N2CCCCC2C(=O)O)nc1.